The van der Waals surface area contributed by atoms with Crippen LogP contribution in [0.1, 0.15) is 49.9 Å². The molecule has 2 aromatic carbocycles. The van der Waals surface area contributed by atoms with Gasteiger partial charge in [0.25, 0.3) is 0 Å². The number of hydrazone groups is 1. The molecule has 0 heterocycles. The van der Waals surface area contributed by atoms with E-state index in [2.05, 4.69) is 98.1 Å². The zero-order valence-corrected chi connectivity index (χ0v) is 23.6. The molecule has 2 aromatic rings. The molecule has 0 aliphatic heterocycles. The van der Waals surface area contributed by atoms with E-state index in [1.807, 2.05) is 6.08 Å². The van der Waals surface area contributed by atoms with Gasteiger partial charge in [-0.2, -0.15) is 5.10 Å². The second kappa shape index (κ2) is 12.9. The van der Waals surface area contributed by atoms with Crippen molar-refractivity contribution >= 4 is 16.9 Å². The van der Waals surface area contributed by atoms with Crippen molar-refractivity contribution in [3.8, 4) is 5.75 Å². The molecule has 0 aromatic heterocycles. The summed E-state index contributed by atoms with van der Waals surface area (Å²) < 4.78 is 12.5. The lowest BCUT2D eigenvalue weighted by molar-refractivity contribution is 0.175. The summed E-state index contributed by atoms with van der Waals surface area (Å²) in [6, 6.07) is 15.0. The van der Waals surface area contributed by atoms with Gasteiger partial charge in [0, 0.05) is 18.7 Å². The molecule has 0 saturated heterocycles. The van der Waals surface area contributed by atoms with Gasteiger partial charge in [0.15, 0.2) is 0 Å². The third kappa shape index (κ3) is 5.87. The Bertz CT molecular complexity index is 1230. The first-order valence-corrected chi connectivity index (χ1v) is 13.9. The molecule has 0 atom stereocenters. The lowest BCUT2D eigenvalue weighted by atomic mass is 9.91. The molecule has 0 bridgehead atoms. The van der Waals surface area contributed by atoms with Gasteiger partial charge >= 0.3 is 0 Å². The minimum atomic E-state index is 0.584. The van der Waals surface area contributed by atoms with Crippen LogP contribution in [0.25, 0.3) is 11.1 Å². The fourth-order valence-electron chi connectivity index (χ4n) is 5.16. The Morgan fingerprint density at radius 3 is 1.97 bits per heavy atom. The highest BCUT2D eigenvalue weighted by molar-refractivity contribution is 6.31. The molecule has 202 valence electrons. The molecule has 4 rings (SSSR count). The van der Waals surface area contributed by atoms with E-state index in [9.17, 15) is 0 Å². The monoisotopic (exact) mass is 514 g/mol. The molecule has 2 N–H and O–H groups in total. The Labute approximate surface area is 228 Å². The van der Waals surface area contributed by atoms with Crippen LogP contribution in [0.15, 0.2) is 71.1 Å². The Kier molecular flexibility index (Phi) is 9.43. The first-order chi connectivity index (χ1) is 18.5. The van der Waals surface area contributed by atoms with Gasteiger partial charge in [0.05, 0.1) is 0 Å². The fraction of sp³-hybridized carbons (Fsp3) is 0.406. The van der Waals surface area contributed by atoms with Gasteiger partial charge in [-0.05, 0) is 85.2 Å². The van der Waals surface area contributed by atoms with Gasteiger partial charge in [-0.3, -0.25) is 0 Å². The molecule has 0 amide bonds. The largest absolute Gasteiger partial charge is 0.492 e. The summed E-state index contributed by atoms with van der Waals surface area (Å²) in [6.45, 7) is 17.8. The number of fused-ring (bicyclic) bond motifs is 3. The smallest absolute Gasteiger partial charge is 0.147 e. The van der Waals surface area contributed by atoms with Crippen LogP contribution >= 0.6 is 0 Å². The number of allylic oxidation sites excluding steroid dienone is 4. The maximum absolute atomic E-state index is 6.25. The molecule has 38 heavy (non-hydrogen) atoms. The first-order valence-electron chi connectivity index (χ1n) is 13.9. The number of rotatable bonds is 13. The second-order valence-corrected chi connectivity index (χ2v) is 9.66. The molecule has 0 saturated carbocycles. The molecule has 2 aliphatic rings. The van der Waals surface area contributed by atoms with Gasteiger partial charge < -0.3 is 25.1 Å². The molecule has 0 unspecified atom stereocenters. The standard InChI is InChI=1S/C32H42N4O2/c1-6-35(7-2)18-20-37-25-14-15-26-27-16-17-29(38-21-19-36(8-3)9-4)32(34-33)31(27)30(28(26)22-25)24-12-10-23(5)11-13-24/h10-17,22H,6-9,18-21,33H2,1-5H3. The summed E-state index contributed by atoms with van der Waals surface area (Å²) in [5, 5.41) is 4.27. The summed E-state index contributed by atoms with van der Waals surface area (Å²) >= 11 is 0. The van der Waals surface area contributed by atoms with E-state index < -0.39 is 0 Å². The van der Waals surface area contributed by atoms with Crippen LogP contribution in [0.3, 0.4) is 0 Å². The van der Waals surface area contributed by atoms with E-state index in [0.29, 0.717) is 24.7 Å². The minimum absolute atomic E-state index is 0.584. The van der Waals surface area contributed by atoms with Crippen molar-refractivity contribution in [2.75, 3.05) is 52.5 Å². The zero-order chi connectivity index (χ0) is 27.1. The van der Waals surface area contributed by atoms with Gasteiger partial charge in [-0.25, -0.2) is 0 Å². The fourth-order valence-corrected chi connectivity index (χ4v) is 5.16. The van der Waals surface area contributed by atoms with E-state index >= 15 is 0 Å². The van der Waals surface area contributed by atoms with Crippen molar-refractivity contribution in [2.45, 2.75) is 34.6 Å². The summed E-state index contributed by atoms with van der Waals surface area (Å²) in [4.78, 5) is 4.71. The predicted octanol–water partition coefficient (Wildman–Crippen LogP) is 5.49. The average molecular weight is 515 g/mol. The highest BCUT2D eigenvalue weighted by Gasteiger charge is 2.34. The van der Waals surface area contributed by atoms with E-state index in [-0.39, 0.29) is 0 Å². The summed E-state index contributed by atoms with van der Waals surface area (Å²) in [5.41, 5.74) is 8.58. The molecule has 0 fully saturated rings. The Morgan fingerprint density at radius 1 is 0.737 bits per heavy atom. The normalized spacial score (nSPS) is 15.6. The van der Waals surface area contributed by atoms with Gasteiger partial charge in [-0.15, -0.1) is 0 Å². The number of ether oxygens (including phenoxy) is 2. The number of aryl methyl sites for hydroxylation is 1. The van der Waals surface area contributed by atoms with Crippen molar-refractivity contribution in [2.24, 2.45) is 10.9 Å². The van der Waals surface area contributed by atoms with E-state index in [4.69, 9.17) is 15.3 Å². The number of benzene rings is 2. The maximum atomic E-state index is 6.25. The Morgan fingerprint density at radius 2 is 1.37 bits per heavy atom. The summed E-state index contributed by atoms with van der Waals surface area (Å²) in [6.07, 6.45) is 4.14. The van der Waals surface area contributed by atoms with Crippen LogP contribution in [0.4, 0.5) is 0 Å². The SMILES string of the molecule is CCN(CC)CCOC1=CC=C2C(=C(c3ccc(C)cc3)c3cc(OCCN(CC)CC)ccc32)C1=NN. The second-order valence-electron chi connectivity index (χ2n) is 9.66. The first kappa shape index (κ1) is 27.7. The van der Waals surface area contributed by atoms with Crippen LogP contribution in [-0.4, -0.2) is 68.0 Å². The quantitative estimate of drug-likeness (QED) is 0.283. The van der Waals surface area contributed by atoms with Crippen molar-refractivity contribution in [3.63, 3.8) is 0 Å². The number of nitrogens with zero attached hydrogens (tertiary/aromatic N) is 3. The van der Waals surface area contributed by atoms with Gasteiger partial charge in [0.1, 0.15) is 30.4 Å². The average Bonchev–Trinajstić information content (AvgIpc) is 3.27. The molecule has 2 aliphatic carbocycles. The highest BCUT2D eigenvalue weighted by Crippen LogP contribution is 2.48. The van der Waals surface area contributed by atoms with Crippen LogP contribution in [-0.2, 0) is 4.74 Å². The van der Waals surface area contributed by atoms with Crippen molar-refractivity contribution in [3.05, 3.63) is 88.2 Å². The van der Waals surface area contributed by atoms with Crippen LogP contribution in [0, 0.1) is 6.92 Å². The summed E-state index contributed by atoms with van der Waals surface area (Å²) in [5.74, 6) is 7.63. The molecule has 0 spiro atoms. The van der Waals surface area contributed by atoms with Crippen LogP contribution in [0.2, 0.25) is 0 Å². The number of hydrogen-bond acceptors (Lipinski definition) is 6. The summed E-state index contributed by atoms with van der Waals surface area (Å²) in [7, 11) is 0. The van der Waals surface area contributed by atoms with Crippen molar-refractivity contribution < 1.29 is 9.47 Å². The van der Waals surface area contributed by atoms with E-state index in [0.717, 1.165) is 78.4 Å². The predicted molar refractivity (Wildman–Crippen MR) is 158 cm³/mol. The highest BCUT2D eigenvalue weighted by atomic mass is 16.5. The molecular weight excluding hydrogens is 472 g/mol. The van der Waals surface area contributed by atoms with Gasteiger partial charge in [-0.1, -0.05) is 63.6 Å². The lowest BCUT2D eigenvalue weighted by Gasteiger charge is -2.22. The number of likely N-dealkylation sites (N-methyl/N-ethyl adjacent to an activating group) is 2. The van der Waals surface area contributed by atoms with Crippen LogP contribution in [0.5, 0.6) is 5.75 Å². The van der Waals surface area contributed by atoms with Crippen molar-refractivity contribution in [1.29, 1.82) is 0 Å². The molecular formula is C32H42N4O2. The number of nitrogens with two attached hydrogens (primary N) is 1. The molecule has 6 heteroatoms. The third-order valence-electron chi connectivity index (χ3n) is 7.54. The van der Waals surface area contributed by atoms with Gasteiger partial charge in [0.2, 0.25) is 0 Å². The molecule has 0 radical (unpaired) electrons. The van der Waals surface area contributed by atoms with Crippen molar-refractivity contribution in [1.82, 2.24) is 9.80 Å². The zero-order valence-electron chi connectivity index (χ0n) is 23.6. The number of hydrogen-bond donors (Lipinski definition) is 1. The Hall–Kier alpha value is -3.35. The minimum Gasteiger partial charge on any atom is -0.492 e. The van der Waals surface area contributed by atoms with E-state index in [1.54, 1.807) is 0 Å². The van der Waals surface area contributed by atoms with E-state index in [1.165, 1.54) is 5.56 Å². The topological polar surface area (TPSA) is 63.3 Å². The lowest BCUT2D eigenvalue weighted by Crippen LogP contribution is -2.28. The van der Waals surface area contributed by atoms with Crippen LogP contribution < -0.4 is 10.6 Å². The molecule has 6 nitrogen and oxygen atoms in total. The Balaban J connectivity index is 1.69. The third-order valence-corrected chi connectivity index (χ3v) is 7.54. The maximum Gasteiger partial charge on any atom is 0.147 e.